The number of esters is 1. The molecule has 1 aromatic rings. The van der Waals surface area contributed by atoms with Gasteiger partial charge >= 0.3 is 12.1 Å². The summed E-state index contributed by atoms with van der Waals surface area (Å²) in [5, 5.41) is 3.02. The van der Waals surface area contributed by atoms with Crippen LogP contribution < -0.4 is 10.1 Å². The number of hydrogen-bond donors (Lipinski definition) is 1. The van der Waals surface area contributed by atoms with Gasteiger partial charge in [-0.1, -0.05) is 51.8 Å². The number of ether oxygens (including phenoxy) is 3. The van der Waals surface area contributed by atoms with E-state index in [4.69, 9.17) is 25.8 Å². The molecule has 1 aromatic carbocycles. The molecule has 28 heavy (non-hydrogen) atoms. The standard InChI is InChI=1S/C21H30ClNO5/c1-6-7-8-11-26-18-12-16(9-10-17(18)22)23-21(25)28-19(15(4)5)20(24)27-13-14(2)3/h9-10,12,14,19H,4,6-8,11,13H2,1-3,5H3,(H,23,25). The number of anilines is 1. The second kappa shape index (κ2) is 12.3. The van der Waals surface area contributed by atoms with Crippen molar-refractivity contribution >= 4 is 29.4 Å². The lowest BCUT2D eigenvalue weighted by Crippen LogP contribution is -2.32. The third-order valence-electron chi connectivity index (χ3n) is 3.63. The molecule has 6 nitrogen and oxygen atoms in total. The fourth-order valence-electron chi connectivity index (χ4n) is 2.15. The van der Waals surface area contributed by atoms with E-state index in [0.29, 0.717) is 28.6 Å². The first-order chi connectivity index (χ1) is 13.2. The average molecular weight is 412 g/mol. The minimum atomic E-state index is -1.17. The number of benzene rings is 1. The van der Waals surface area contributed by atoms with E-state index in [1.54, 1.807) is 25.1 Å². The maximum absolute atomic E-state index is 12.2. The molecule has 0 aromatic heterocycles. The molecule has 1 atom stereocenters. The normalized spacial score (nSPS) is 11.6. The van der Waals surface area contributed by atoms with E-state index in [1.165, 1.54) is 0 Å². The van der Waals surface area contributed by atoms with Gasteiger partial charge in [-0.2, -0.15) is 0 Å². The van der Waals surface area contributed by atoms with Crippen molar-refractivity contribution in [2.24, 2.45) is 5.92 Å². The third-order valence-corrected chi connectivity index (χ3v) is 3.94. The highest BCUT2D eigenvalue weighted by molar-refractivity contribution is 6.32. The van der Waals surface area contributed by atoms with Crippen LogP contribution in [0.5, 0.6) is 5.75 Å². The van der Waals surface area contributed by atoms with Crippen LogP contribution in [-0.2, 0) is 14.3 Å². The minimum absolute atomic E-state index is 0.174. The monoisotopic (exact) mass is 411 g/mol. The maximum atomic E-state index is 12.2. The summed E-state index contributed by atoms with van der Waals surface area (Å²) in [6.07, 6.45) is 1.11. The van der Waals surface area contributed by atoms with Crippen LogP contribution in [0.4, 0.5) is 10.5 Å². The molecular formula is C21H30ClNO5. The van der Waals surface area contributed by atoms with Gasteiger partial charge < -0.3 is 14.2 Å². The van der Waals surface area contributed by atoms with Gasteiger partial charge in [0.1, 0.15) is 5.75 Å². The summed E-state index contributed by atoms with van der Waals surface area (Å²) in [5.41, 5.74) is 0.816. The van der Waals surface area contributed by atoms with Crippen molar-refractivity contribution in [1.82, 2.24) is 0 Å². The molecule has 0 radical (unpaired) electrons. The molecule has 0 fully saturated rings. The fraction of sp³-hybridized carbons (Fsp3) is 0.524. The highest BCUT2D eigenvalue weighted by atomic mass is 35.5. The molecule has 1 rings (SSSR count). The maximum Gasteiger partial charge on any atom is 0.412 e. The van der Waals surface area contributed by atoms with Crippen LogP contribution in [0.2, 0.25) is 5.02 Å². The van der Waals surface area contributed by atoms with E-state index in [0.717, 1.165) is 19.3 Å². The van der Waals surface area contributed by atoms with Crippen LogP contribution in [0.15, 0.2) is 30.4 Å². The average Bonchev–Trinajstić information content (AvgIpc) is 2.63. The number of nitrogens with one attached hydrogen (secondary N) is 1. The number of rotatable bonds is 11. The summed E-state index contributed by atoms with van der Waals surface area (Å²) in [5.74, 6) is 0.00382. The molecule has 0 spiro atoms. The quantitative estimate of drug-likeness (QED) is 0.291. The summed E-state index contributed by atoms with van der Waals surface area (Å²) >= 11 is 6.13. The van der Waals surface area contributed by atoms with Crippen LogP contribution in [0.1, 0.15) is 47.0 Å². The van der Waals surface area contributed by atoms with E-state index in [9.17, 15) is 9.59 Å². The molecule has 1 amide bonds. The number of unbranched alkanes of at least 4 members (excludes halogenated alkanes) is 2. The Kier molecular flexibility index (Phi) is 10.5. The molecule has 7 heteroatoms. The topological polar surface area (TPSA) is 73.9 Å². The highest BCUT2D eigenvalue weighted by Crippen LogP contribution is 2.28. The van der Waals surface area contributed by atoms with Gasteiger partial charge in [-0.15, -0.1) is 0 Å². The van der Waals surface area contributed by atoms with Crippen molar-refractivity contribution in [3.05, 3.63) is 35.4 Å². The summed E-state index contributed by atoms with van der Waals surface area (Å²) < 4.78 is 16.0. The Morgan fingerprint density at radius 1 is 1.25 bits per heavy atom. The Hall–Kier alpha value is -2.21. The molecule has 1 N–H and O–H groups in total. The third kappa shape index (κ3) is 8.65. The van der Waals surface area contributed by atoms with Crippen molar-refractivity contribution in [3.63, 3.8) is 0 Å². The predicted molar refractivity (Wildman–Crippen MR) is 111 cm³/mol. The minimum Gasteiger partial charge on any atom is -0.492 e. The predicted octanol–water partition coefficient (Wildman–Crippen LogP) is 5.60. The number of hydrogen-bond acceptors (Lipinski definition) is 5. The van der Waals surface area contributed by atoms with Gasteiger partial charge in [-0.3, -0.25) is 5.32 Å². The van der Waals surface area contributed by atoms with Crippen LogP contribution >= 0.6 is 11.6 Å². The van der Waals surface area contributed by atoms with E-state index in [2.05, 4.69) is 18.8 Å². The Labute approximate surface area is 172 Å². The Morgan fingerprint density at radius 2 is 1.96 bits per heavy atom. The van der Waals surface area contributed by atoms with Crippen molar-refractivity contribution in [2.45, 2.75) is 53.1 Å². The van der Waals surface area contributed by atoms with E-state index in [1.807, 2.05) is 13.8 Å². The summed E-state index contributed by atoms with van der Waals surface area (Å²) in [6, 6.07) is 4.86. The van der Waals surface area contributed by atoms with Gasteiger partial charge in [0.15, 0.2) is 0 Å². The van der Waals surface area contributed by atoms with Crippen LogP contribution in [-0.4, -0.2) is 31.4 Å². The Morgan fingerprint density at radius 3 is 2.57 bits per heavy atom. The molecule has 156 valence electrons. The lowest BCUT2D eigenvalue weighted by atomic mass is 10.2. The van der Waals surface area contributed by atoms with Gasteiger partial charge in [0.2, 0.25) is 6.10 Å². The lowest BCUT2D eigenvalue weighted by Gasteiger charge is -2.18. The van der Waals surface area contributed by atoms with Gasteiger partial charge in [-0.05, 0) is 37.0 Å². The molecule has 0 heterocycles. The first-order valence-electron chi connectivity index (χ1n) is 9.46. The highest BCUT2D eigenvalue weighted by Gasteiger charge is 2.26. The van der Waals surface area contributed by atoms with E-state index < -0.39 is 18.2 Å². The molecule has 0 bridgehead atoms. The van der Waals surface area contributed by atoms with Crippen LogP contribution in [0.25, 0.3) is 0 Å². The van der Waals surface area contributed by atoms with Crippen LogP contribution in [0, 0.1) is 5.92 Å². The van der Waals surface area contributed by atoms with E-state index >= 15 is 0 Å². The van der Waals surface area contributed by atoms with Gasteiger partial charge in [-0.25, -0.2) is 9.59 Å². The zero-order valence-corrected chi connectivity index (χ0v) is 17.8. The molecule has 0 aliphatic heterocycles. The molecule has 0 aliphatic rings. The molecule has 0 saturated carbocycles. The Balaban J connectivity index is 2.69. The second-order valence-corrected chi connectivity index (χ2v) is 7.39. The summed E-state index contributed by atoms with van der Waals surface area (Å²) in [6.45, 7) is 12.0. The van der Waals surface area contributed by atoms with Gasteiger partial charge in [0.05, 0.1) is 18.2 Å². The zero-order valence-electron chi connectivity index (χ0n) is 17.0. The summed E-state index contributed by atoms with van der Waals surface area (Å²) in [7, 11) is 0. The molecule has 1 unspecified atom stereocenters. The number of amides is 1. The largest absolute Gasteiger partial charge is 0.492 e. The zero-order chi connectivity index (χ0) is 21.1. The van der Waals surface area contributed by atoms with Crippen molar-refractivity contribution < 1.29 is 23.8 Å². The number of carbonyl (C=O) groups is 2. The van der Waals surface area contributed by atoms with E-state index in [-0.39, 0.29) is 12.5 Å². The van der Waals surface area contributed by atoms with Crippen molar-refractivity contribution in [3.8, 4) is 5.75 Å². The van der Waals surface area contributed by atoms with Crippen molar-refractivity contribution in [2.75, 3.05) is 18.5 Å². The number of carbonyl (C=O) groups excluding carboxylic acids is 2. The lowest BCUT2D eigenvalue weighted by molar-refractivity contribution is -0.152. The first kappa shape index (κ1) is 23.8. The second-order valence-electron chi connectivity index (χ2n) is 6.98. The number of halogens is 1. The summed E-state index contributed by atoms with van der Waals surface area (Å²) in [4.78, 5) is 24.3. The first-order valence-corrected chi connectivity index (χ1v) is 9.84. The van der Waals surface area contributed by atoms with Crippen LogP contribution in [0.3, 0.4) is 0 Å². The SMILES string of the molecule is C=C(C)C(OC(=O)Nc1ccc(Cl)c(OCCCCC)c1)C(=O)OCC(C)C. The Bertz CT molecular complexity index is 675. The molecule has 0 saturated heterocycles. The van der Waals surface area contributed by atoms with Gasteiger partial charge in [0.25, 0.3) is 0 Å². The smallest absolute Gasteiger partial charge is 0.412 e. The molecule has 0 aliphatic carbocycles. The fourth-order valence-corrected chi connectivity index (χ4v) is 2.33. The van der Waals surface area contributed by atoms with Crippen molar-refractivity contribution in [1.29, 1.82) is 0 Å². The molecular weight excluding hydrogens is 382 g/mol. The van der Waals surface area contributed by atoms with Gasteiger partial charge in [0, 0.05) is 11.8 Å².